The van der Waals surface area contributed by atoms with Crippen LogP contribution in [0.25, 0.3) is 0 Å². The van der Waals surface area contributed by atoms with Crippen LogP contribution in [0.1, 0.15) is 28.4 Å². The standard InChI is InChI=1S/C23H24N4O3/c1-2-30-23(29)17-8-10-19(11-9-17)27-22-13-20(18(15-26-22)12-21(24)28)25-14-16-6-4-3-5-7-16/h3-11,13,15H,2,12,14H2,1H3,(H2,24,28)(H2,25,26,27). The van der Waals surface area contributed by atoms with Crippen molar-refractivity contribution in [2.45, 2.75) is 19.9 Å². The van der Waals surface area contributed by atoms with Gasteiger partial charge in [-0.2, -0.15) is 0 Å². The largest absolute Gasteiger partial charge is 0.462 e. The van der Waals surface area contributed by atoms with Crippen LogP contribution in [-0.2, 0) is 22.5 Å². The fraction of sp³-hybridized carbons (Fsp3) is 0.174. The highest BCUT2D eigenvalue weighted by atomic mass is 16.5. The predicted octanol–water partition coefficient (Wildman–Crippen LogP) is 3.64. The number of nitrogens with two attached hydrogens (primary N) is 1. The monoisotopic (exact) mass is 404 g/mol. The fourth-order valence-corrected chi connectivity index (χ4v) is 2.89. The van der Waals surface area contributed by atoms with Crippen LogP contribution in [0.4, 0.5) is 17.2 Å². The summed E-state index contributed by atoms with van der Waals surface area (Å²) in [4.78, 5) is 27.6. The molecule has 0 saturated carbocycles. The minimum atomic E-state index is -0.421. The van der Waals surface area contributed by atoms with Crippen LogP contribution in [0.3, 0.4) is 0 Å². The first-order valence-corrected chi connectivity index (χ1v) is 9.64. The Labute approximate surface area is 175 Å². The van der Waals surface area contributed by atoms with E-state index in [-0.39, 0.29) is 12.4 Å². The van der Waals surface area contributed by atoms with Gasteiger partial charge >= 0.3 is 5.97 Å². The summed E-state index contributed by atoms with van der Waals surface area (Å²) in [5, 5.41) is 6.55. The Morgan fingerprint density at radius 2 is 1.80 bits per heavy atom. The smallest absolute Gasteiger partial charge is 0.338 e. The average molecular weight is 404 g/mol. The number of primary amides is 1. The number of esters is 1. The minimum Gasteiger partial charge on any atom is -0.462 e. The summed E-state index contributed by atoms with van der Waals surface area (Å²) in [6.07, 6.45) is 1.73. The summed E-state index contributed by atoms with van der Waals surface area (Å²) < 4.78 is 4.99. The lowest BCUT2D eigenvalue weighted by molar-refractivity contribution is -0.117. The van der Waals surface area contributed by atoms with Gasteiger partial charge in [0.25, 0.3) is 0 Å². The van der Waals surface area contributed by atoms with Crippen molar-refractivity contribution in [1.82, 2.24) is 4.98 Å². The van der Waals surface area contributed by atoms with E-state index in [4.69, 9.17) is 10.5 Å². The zero-order valence-corrected chi connectivity index (χ0v) is 16.7. The highest BCUT2D eigenvalue weighted by Crippen LogP contribution is 2.23. The lowest BCUT2D eigenvalue weighted by Gasteiger charge is -2.14. The van der Waals surface area contributed by atoms with Gasteiger partial charge in [0.2, 0.25) is 5.91 Å². The molecule has 0 spiro atoms. The van der Waals surface area contributed by atoms with E-state index in [1.54, 1.807) is 37.4 Å². The third kappa shape index (κ3) is 5.81. The van der Waals surface area contributed by atoms with Crippen LogP contribution in [0.15, 0.2) is 66.9 Å². The van der Waals surface area contributed by atoms with E-state index in [1.807, 2.05) is 36.4 Å². The van der Waals surface area contributed by atoms with Gasteiger partial charge in [-0.3, -0.25) is 4.79 Å². The van der Waals surface area contributed by atoms with E-state index in [0.29, 0.717) is 24.5 Å². The fourth-order valence-electron chi connectivity index (χ4n) is 2.89. The second-order valence-corrected chi connectivity index (χ2v) is 6.63. The first kappa shape index (κ1) is 20.9. The maximum absolute atomic E-state index is 11.8. The Morgan fingerprint density at radius 1 is 1.07 bits per heavy atom. The third-order valence-corrected chi connectivity index (χ3v) is 4.35. The highest BCUT2D eigenvalue weighted by Gasteiger charge is 2.10. The number of nitrogens with zero attached hydrogens (tertiary/aromatic N) is 1. The van der Waals surface area contributed by atoms with Gasteiger partial charge < -0.3 is 21.1 Å². The predicted molar refractivity (Wildman–Crippen MR) is 117 cm³/mol. The number of carbonyl (C=O) groups excluding carboxylic acids is 2. The van der Waals surface area contributed by atoms with E-state index >= 15 is 0 Å². The molecule has 0 fully saturated rings. The molecular formula is C23H24N4O3. The van der Waals surface area contributed by atoms with E-state index in [9.17, 15) is 9.59 Å². The van der Waals surface area contributed by atoms with Crippen molar-refractivity contribution in [3.63, 3.8) is 0 Å². The lowest BCUT2D eigenvalue weighted by Crippen LogP contribution is -2.15. The number of rotatable bonds is 9. The molecule has 0 unspecified atom stereocenters. The number of nitrogens with one attached hydrogen (secondary N) is 2. The molecule has 1 amide bonds. The molecule has 4 N–H and O–H groups in total. The number of carbonyl (C=O) groups is 2. The first-order valence-electron chi connectivity index (χ1n) is 9.64. The highest BCUT2D eigenvalue weighted by molar-refractivity contribution is 5.90. The van der Waals surface area contributed by atoms with E-state index in [1.165, 1.54) is 0 Å². The van der Waals surface area contributed by atoms with Crippen LogP contribution in [0.2, 0.25) is 0 Å². The van der Waals surface area contributed by atoms with Gasteiger partial charge in [0.1, 0.15) is 5.82 Å². The van der Waals surface area contributed by atoms with Crippen LogP contribution in [-0.4, -0.2) is 23.5 Å². The topological polar surface area (TPSA) is 106 Å². The molecule has 7 heteroatoms. The Morgan fingerprint density at radius 3 is 2.47 bits per heavy atom. The van der Waals surface area contributed by atoms with Crippen LogP contribution < -0.4 is 16.4 Å². The zero-order chi connectivity index (χ0) is 21.3. The molecule has 154 valence electrons. The molecule has 0 aliphatic heterocycles. The van der Waals surface area contributed by atoms with Gasteiger partial charge in [0, 0.05) is 35.7 Å². The molecule has 0 radical (unpaired) electrons. The van der Waals surface area contributed by atoms with Crippen molar-refractivity contribution in [3.05, 3.63) is 83.6 Å². The summed E-state index contributed by atoms with van der Waals surface area (Å²) in [7, 11) is 0. The van der Waals surface area contributed by atoms with Crippen LogP contribution in [0, 0.1) is 0 Å². The van der Waals surface area contributed by atoms with Gasteiger partial charge in [-0.1, -0.05) is 30.3 Å². The molecule has 0 saturated heterocycles. The maximum Gasteiger partial charge on any atom is 0.338 e. The quantitative estimate of drug-likeness (QED) is 0.470. The molecule has 2 aromatic carbocycles. The third-order valence-electron chi connectivity index (χ3n) is 4.35. The Hall–Kier alpha value is -3.87. The Bertz CT molecular complexity index is 1000. The Kier molecular flexibility index (Phi) is 7.00. The van der Waals surface area contributed by atoms with Crippen molar-refractivity contribution in [1.29, 1.82) is 0 Å². The lowest BCUT2D eigenvalue weighted by atomic mass is 10.1. The molecule has 3 aromatic rings. The van der Waals surface area contributed by atoms with Crippen molar-refractivity contribution in [2.24, 2.45) is 5.73 Å². The number of hydrogen-bond donors (Lipinski definition) is 3. The van der Waals surface area contributed by atoms with Gasteiger partial charge in [0.05, 0.1) is 18.6 Å². The summed E-state index contributed by atoms with van der Waals surface area (Å²) >= 11 is 0. The molecule has 0 aliphatic rings. The minimum absolute atomic E-state index is 0.0959. The van der Waals surface area contributed by atoms with E-state index in [0.717, 1.165) is 22.5 Å². The van der Waals surface area contributed by atoms with Gasteiger partial charge in [-0.25, -0.2) is 9.78 Å². The summed E-state index contributed by atoms with van der Waals surface area (Å²) in [6.45, 7) is 2.70. The number of benzene rings is 2. The maximum atomic E-state index is 11.8. The molecular weight excluding hydrogens is 380 g/mol. The molecule has 7 nitrogen and oxygen atoms in total. The second-order valence-electron chi connectivity index (χ2n) is 6.63. The molecule has 3 rings (SSSR count). The molecule has 0 atom stereocenters. The van der Waals surface area contributed by atoms with Gasteiger partial charge in [-0.15, -0.1) is 0 Å². The SMILES string of the molecule is CCOC(=O)c1ccc(Nc2cc(NCc3ccccc3)c(CC(N)=O)cn2)cc1. The molecule has 0 aliphatic carbocycles. The molecule has 30 heavy (non-hydrogen) atoms. The van der Waals surface area contributed by atoms with Crippen molar-refractivity contribution < 1.29 is 14.3 Å². The summed E-state index contributed by atoms with van der Waals surface area (Å²) in [6, 6.07) is 18.7. The van der Waals surface area contributed by atoms with Crippen LogP contribution in [0.5, 0.6) is 0 Å². The first-order chi connectivity index (χ1) is 14.5. The number of ether oxygens (including phenoxy) is 1. The number of amides is 1. The van der Waals surface area contributed by atoms with E-state index in [2.05, 4.69) is 15.6 Å². The second kappa shape index (κ2) is 10.1. The number of pyridine rings is 1. The number of hydrogen-bond acceptors (Lipinski definition) is 6. The van der Waals surface area contributed by atoms with Crippen LogP contribution >= 0.6 is 0 Å². The summed E-state index contributed by atoms with van der Waals surface area (Å²) in [5.41, 5.74) is 9.24. The van der Waals surface area contributed by atoms with Crippen molar-refractivity contribution >= 4 is 29.1 Å². The average Bonchev–Trinajstić information content (AvgIpc) is 2.75. The molecule has 1 aromatic heterocycles. The normalized spacial score (nSPS) is 10.3. The number of aromatic nitrogens is 1. The summed E-state index contributed by atoms with van der Waals surface area (Å²) in [5.74, 6) is -0.178. The van der Waals surface area contributed by atoms with E-state index < -0.39 is 5.91 Å². The van der Waals surface area contributed by atoms with Gasteiger partial charge in [0.15, 0.2) is 0 Å². The zero-order valence-electron chi connectivity index (χ0n) is 16.7. The molecule has 0 bridgehead atoms. The Balaban J connectivity index is 1.76. The van der Waals surface area contributed by atoms with Gasteiger partial charge in [-0.05, 0) is 36.8 Å². The number of anilines is 3. The van der Waals surface area contributed by atoms with Crippen molar-refractivity contribution in [3.8, 4) is 0 Å². The van der Waals surface area contributed by atoms with Crippen molar-refractivity contribution in [2.75, 3.05) is 17.2 Å². The molecule has 1 heterocycles.